The summed E-state index contributed by atoms with van der Waals surface area (Å²) in [6, 6.07) is 9.82. The highest BCUT2D eigenvalue weighted by Gasteiger charge is 2.20. The van der Waals surface area contributed by atoms with Gasteiger partial charge >= 0.3 is 0 Å². The number of aromatic amines is 1. The quantitative estimate of drug-likeness (QED) is 0.399. The Morgan fingerprint density at radius 3 is 2.76 bits per heavy atom. The van der Waals surface area contributed by atoms with Crippen LogP contribution in [-0.2, 0) is 20.5 Å². The SMILES string of the molecule is Cn1ccc(CCNc2nc(-c3ccn(C)n3)c(-c3cc(Cl)c4[nH]ncc4c3)nc2C#N)c1. The molecule has 0 radical (unpaired) electrons. The second-order valence-electron chi connectivity index (χ2n) is 7.76. The number of H-pyrrole nitrogens is 1. The summed E-state index contributed by atoms with van der Waals surface area (Å²) >= 11 is 6.47. The van der Waals surface area contributed by atoms with E-state index < -0.39 is 0 Å². The van der Waals surface area contributed by atoms with Gasteiger partial charge in [-0.3, -0.25) is 9.78 Å². The van der Waals surface area contributed by atoms with E-state index in [2.05, 4.69) is 43.9 Å². The third-order valence-corrected chi connectivity index (χ3v) is 5.63. The first-order chi connectivity index (χ1) is 16.0. The van der Waals surface area contributed by atoms with E-state index in [1.165, 1.54) is 5.56 Å². The number of hydrogen-bond donors (Lipinski definition) is 2. The molecule has 0 aliphatic carbocycles. The molecular formula is C23H20ClN9. The van der Waals surface area contributed by atoms with E-state index >= 15 is 0 Å². The van der Waals surface area contributed by atoms with Crippen molar-refractivity contribution in [2.75, 3.05) is 11.9 Å². The first-order valence-electron chi connectivity index (χ1n) is 10.3. The summed E-state index contributed by atoms with van der Waals surface area (Å²) in [6.45, 7) is 0.612. The predicted molar refractivity (Wildman–Crippen MR) is 127 cm³/mol. The topological polar surface area (TPSA) is 113 Å². The number of aryl methyl sites for hydroxylation is 2. The number of nitrogens with zero attached hydrogens (tertiary/aromatic N) is 7. The summed E-state index contributed by atoms with van der Waals surface area (Å²) in [5, 5.41) is 25.9. The molecule has 0 fully saturated rings. The van der Waals surface area contributed by atoms with E-state index in [-0.39, 0.29) is 5.69 Å². The normalized spacial score (nSPS) is 11.1. The highest BCUT2D eigenvalue weighted by atomic mass is 35.5. The number of halogens is 1. The third-order valence-electron chi connectivity index (χ3n) is 5.33. The standard InChI is InChI=1S/C23H20ClN9/c1-32-7-4-14(13-32)3-6-26-23-19(11-25)28-21(22(29-23)18-5-8-33(2)31-18)15-9-16-12-27-30-20(16)17(24)10-15/h4-5,7-10,12-13H,3,6H2,1-2H3,(H,26,29)(H,27,30). The van der Waals surface area contributed by atoms with E-state index in [0.717, 1.165) is 22.9 Å². The molecule has 10 heteroatoms. The lowest BCUT2D eigenvalue weighted by molar-refractivity contribution is 0.770. The van der Waals surface area contributed by atoms with Gasteiger partial charge in [-0.25, -0.2) is 9.97 Å². The van der Waals surface area contributed by atoms with Crippen LogP contribution < -0.4 is 5.32 Å². The smallest absolute Gasteiger partial charge is 0.183 e. The Morgan fingerprint density at radius 1 is 1.15 bits per heavy atom. The second-order valence-corrected chi connectivity index (χ2v) is 8.17. The van der Waals surface area contributed by atoms with Crippen molar-refractivity contribution in [3.8, 4) is 28.7 Å². The Labute approximate surface area is 194 Å². The molecule has 0 aliphatic rings. The molecular weight excluding hydrogens is 438 g/mol. The van der Waals surface area contributed by atoms with Crippen molar-refractivity contribution in [3.05, 3.63) is 65.3 Å². The predicted octanol–water partition coefficient (Wildman–Crippen LogP) is 3.94. The van der Waals surface area contributed by atoms with Crippen LogP contribution in [0.1, 0.15) is 11.3 Å². The monoisotopic (exact) mass is 457 g/mol. The van der Waals surface area contributed by atoms with Crippen molar-refractivity contribution < 1.29 is 0 Å². The van der Waals surface area contributed by atoms with Crippen LogP contribution in [0.5, 0.6) is 0 Å². The number of nitrogens with one attached hydrogen (secondary N) is 2. The number of fused-ring (bicyclic) bond motifs is 1. The van der Waals surface area contributed by atoms with E-state index in [9.17, 15) is 5.26 Å². The summed E-state index contributed by atoms with van der Waals surface area (Å²) in [5.74, 6) is 0.424. The fourth-order valence-electron chi connectivity index (χ4n) is 3.74. The Kier molecular flexibility index (Phi) is 5.28. The molecule has 0 unspecified atom stereocenters. The van der Waals surface area contributed by atoms with Gasteiger partial charge in [0.2, 0.25) is 0 Å². The van der Waals surface area contributed by atoms with Gasteiger partial charge in [0.1, 0.15) is 23.2 Å². The summed E-state index contributed by atoms with van der Waals surface area (Å²) in [7, 11) is 3.83. The Balaban J connectivity index is 1.58. The van der Waals surface area contributed by atoms with Crippen LogP contribution in [0.25, 0.3) is 33.5 Å². The molecule has 0 atom stereocenters. The highest BCUT2D eigenvalue weighted by molar-refractivity contribution is 6.35. The lowest BCUT2D eigenvalue weighted by Crippen LogP contribution is -2.10. The van der Waals surface area contributed by atoms with Crippen LogP contribution in [0.3, 0.4) is 0 Å². The summed E-state index contributed by atoms with van der Waals surface area (Å²) in [6.07, 6.45) is 8.40. The molecule has 4 heterocycles. The van der Waals surface area contributed by atoms with Gasteiger partial charge in [0.15, 0.2) is 11.5 Å². The van der Waals surface area contributed by atoms with Crippen molar-refractivity contribution in [2.24, 2.45) is 14.1 Å². The van der Waals surface area contributed by atoms with Crippen LogP contribution in [0.2, 0.25) is 5.02 Å². The van der Waals surface area contributed by atoms with E-state index in [1.807, 2.05) is 43.2 Å². The van der Waals surface area contributed by atoms with Crippen molar-refractivity contribution in [3.63, 3.8) is 0 Å². The Morgan fingerprint density at radius 2 is 2.03 bits per heavy atom. The number of aromatic nitrogens is 7. The fraction of sp³-hybridized carbons (Fsp3) is 0.174. The van der Waals surface area contributed by atoms with Gasteiger partial charge in [-0.05, 0) is 36.2 Å². The molecule has 1 aromatic carbocycles. The number of anilines is 1. The van der Waals surface area contributed by atoms with Gasteiger partial charge < -0.3 is 9.88 Å². The molecule has 0 bridgehead atoms. The molecule has 2 N–H and O–H groups in total. The summed E-state index contributed by atoms with van der Waals surface area (Å²) in [5.41, 5.74) is 4.63. The number of rotatable bonds is 6. The molecule has 33 heavy (non-hydrogen) atoms. The maximum atomic E-state index is 9.81. The third kappa shape index (κ3) is 4.04. The molecule has 0 saturated heterocycles. The van der Waals surface area contributed by atoms with E-state index in [1.54, 1.807) is 16.9 Å². The van der Waals surface area contributed by atoms with Crippen molar-refractivity contribution >= 4 is 28.3 Å². The van der Waals surface area contributed by atoms with Gasteiger partial charge in [0, 0.05) is 50.2 Å². The zero-order valence-electron chi connectivity index (χ0n) is 18.0. The van der Waals surface area contributed by atoms with Gasteiger partial charge in [0.05, 0.1) is 16.7 Å². The lowest BCUT2D eigenvalue weighted by atomic mass is 10.1. The van der Waals surface area contributed by atoms with Crippen LogP contribution >= 0.6 is 11.6 Å². The summed E-state index contributed by atoms with van der Waals surface area (Å²) in [4.78, 5) is 9.47. The number of benzene rings is 1. The molecule has 0 spiro atoms. The van der Waals surface area contributed by atoms with Gasteiger partial charge in [-0.2, -0.15) is 15.5 Å². The lowest BCUT2D eigenvalue weighted by Gasteiger charge is -2.13. The average molecular weight is 458 g/mol. The van der Waals surface area contributed by atoms with Crippen LogP contribution in [0, 0.1) is 11.3 Å². The number of nitriles is 1. The maximum Gasteiger partial charge on any atom is 0.183 e. The van der Waals surface area contributed by atoms with Crippen LogP contribution in [0.4, 0.5) is 5.82 Å². The summed E-state index contributed by atoms with van der Waals surface area (Å²) < 4.78 is 3.71. The molecule has 0 amide bonds. The molecule has 4 aromatic heterocycles. The Hall–Kier alpha value is -4.16. The van der Waals surface area contributed by atoms with E-state index in [4.69, 9.17) is 16.6 Å². The minimum absolute atomic E-state index is 0.209. The largest absolute Gasteiger partial charge is 0.367 e. The second kappa shape index (κ2) is 8.41. The van der Waals surface area contributed by atoms with Crippen molar-refractivity contribution in [1.29, 1.82) is 5.26 Å². The molecule has 164 valence electrons. The zero-order valence-corrected chi connectivity index (χ0v) is 18.8. The van der Waals surface area contributed by atoms with Gasteiger partial charge in [-0.1, -0.05) is 11.6 Å². The van der Waals surface area contributed by atoms with Crippen LogP contribution in [0.15, 0.2) is 49.1 Å². The molecule has 0 saturated carbocycles. The van der Waals surface area contributed by atoms with Crippen molar-refractivity contribution in [2.45, 2.75) is 6.42 Å². The fourth-order valence-corrected chi connectivity index (χ4v) is 4.01. The molecule has 9 nitrogen and oxygen atoms in total. The molecule has 5 rings (SSSR count). The zero-order chi connectivity index (χ0) is 22.9. The Bertz CT molecular complexity index is 1500. The molecule has 0 aliphatic heterocycles. The minimum Gasteiger partial charge on any atom is -0.367 e. The van der Waals surface area contributed by atoms with E-state index in [0.29, 0.717) is 34.5 Å². The minimum atomic E-state index is 0.209. The van der Waals surface area contributed by atoms with Gasteiger partial charge in [-0.15, -0.1) is 0 Å². The number of hydrogen-bond acceptors (Lipinski definition) is 6. The highest BCUT2D eigenvalue weighted by Crippen LogP contribution is 2.34. The van der Waals surface area contributed by atoms with Crippen LogP contribution in [-0.4, -0.2) is 41.1 Å². The first-order valence-corrected chi connectivity index (χ1v) is 10.7. The van der Waals surface area contributed by atoms with Crippen molar-refractivity contribution in [1.82, 2.24) is 34.5 Å². The first kappa shape index (κ1) is 20.7. The molecule has 5 aromatic rings. The van der Waals surface area contributed by atoms with Gasteiger partial charge in [0.25, 0.3) is 0 Å². The average Bonchev–Trinajstić information content (AvgIpc) is 3.55. The maximum absolute atomic E-state index is 9.81.